The number of hydrogen-bond acceptors (Lipinski definition) is 2. The smallest absolute Gasteiger partial charge is 0.233 e. The lowest BCUT2D eigenvalue weighted by atomic mass is 10.1. The average molecular weight is 317 g/mol. The Hall–Kier alpha value is -1.81. The summed E-state index contributed by atoms with van der Waals surface area (Å²) in [4.78, 5) is 13.2. The third kappa shape index (κ3) is 4.60. The minimum Gasteiger partial charge on any atom is -0.351 e. The molecule has 0 saturated carbocycles. The molecule has 4 heteroatoms. The molecule has 2 aromatic carbocycles. The highest BCUT2D eigenvalue weighted by molar-refractivity contribution is 8.00. The quantitative estimate of drug-likeness (QED) is 0.836. The van der Waals surface area contributed by atoms with Crippen LogP contribution in [0, 0.1) is 19.7 Å². The van der Waals surface area contributed by atoms with E-state index in [1.165, 1.54) is 23.4 Å². The molecular formula is C18H20FNOS. The van der Waals surface area contributed by atoms with E-state index in [0.717, 1.165) is 10.5 Å². The van der Waals surface area contributed by atoms with Gasteiger partial charge in [0.25, 0.3) is 0 Å². The van der Waals surface area contributed by atoms with Crippen molar-refractivity contribution < 1.29 is 9.18 Å². The molecule has 0 aromatic heterocycles. The summed E-state index contributed by atoms with van der Waals surface area (Å²) in [5.74, 6) is -0.245. The van der Waals surface area contributed by atoms with E-state index < -0.39 is 0 Å². The van der Waals surface area contributed by atoms with E-state index in [4.69, 9.17) is 0 Å². The van der Waals surface area contributed by atoms with Crippen LogP contribution in [0.15, 0.2) is 47.4 Å². The lowest BCUT2D eigenvalue weighted by Gasteiger charge is -2.12. The second kappa shape index (κ2) is 7.45. The van der Waals surface area contributed by atoms with Gasteiger partial charge in [0, 0.05) is 11.4 Å². The number of rotatable bonds is 5. The number of hydrogen-bond donors (Lipinski definition) is 1. The number of benzene rings is 2. The van der Waals surface area contributed by atoms with Crippen molar-refractivity contribution in [2.45, 2.75) is 37.5 Å². The predicted octanol–water partition coefficient (Wildman–Crippen LogP) is 4.24. The molecule has 1 atom stereocenters. The first-order valence-electron chi connectivity index (χ1n) is 7.22. The van der Waals surface area contributed by atoms with E-state index >= 15 is 0 Å². The second-order valence-corrected chi connectivity index (χ2v) is 6.79. The lowest BCUT2D eigenvalue weighted by Crippen LogP contribution is -2.30. The zero-order valence-corrected chi connectivity index (χ0v) is 13.8. The molecule has 116 valence electrons. The second-order valence-electron chi connectivity index (χ2n) is 5.37. The average Bonchev–Trinajstić information content (AvgIpc) is 2.50. The maximum atomic E-state index is 13.2. The van der Waals surface area contributed by atoms with Crippen molar-refractivity contribution in [3.05, 3.63) is 65.0 Å². The SMILES string of the molecule is Cc1ccc(SC(C)C(=O)NCc2ccc(F)c(C)c2)cc1. The van der Waals surface area contributed by atoms with Gasteiger partial charge in [-0.05, 0) is 50.1 Å². The fraction of sp³-hybridized carbons (Fsp3) is 0.278. The highest BCUT2D eigenvalue weighted by Gasteiger charge is 2.14. The van der Waals surface area contributed by atoms with E-state index in [0.29, 0.717) is 12.1 Å². The van der Waals surface area contributed by atoms with Crippen LogP contribution in [-0.4, -0.2) is 11.2 Å². The number of nitrogens with one attached hydrogen (secondary N) is 1. The third-order valence-corrected chi connectivity index (χ3v) is 4.50. The topological polar surface area (TPSA) is 29.1 Å². The van der Waals surface area contributed by atoms with Gasteiger partial charge in [-0.3, -0.25) is 4.79 Å². The molecule has 0 aliphatic heterocycles. The number of thioether (sulfide) groups is 1. The summed E-state index contributed by atoms with van der Waals surface area (Å²) in [6.07, 6.45) is 0. The Morgan fingerprint density at radius 3 is 2.50 bits per heavy atom. The highest BCUT2D eigenvalue weighted by atomic mass is 32.2. The van der Waals surface area contributed by atoms with Crippen molar-refractivity contribution in [3.63, 3.8) is 0 Å². The van der Waals surface area contributed by atoms with Crippen molar-refractivity contribution in [2.24, 2.45) is 0 Å². The van der Waals surface area contributed by atoms with Gasteiger partial charge in [-0.25, -0.2) is 4.39 Å². The molecule has 1 N–H and O–H groups in total. The van der Waals surface area contributed by atoms with E-state index in [1.54, 1.807) is 19.1 Å². The number of carbonyl (C=O) groups excluding carboxylic acids is 1. The predicted molar refractivity (Wildman–Crippen MR) is 89.5 cm³/mol. The van der Waals surface area contributed by atoms with Gasteiger partial charge in [0.2, 0.25) is 5.91 Å². The van der Waals surface area contributed by atoms with E-state index in [2.05, 4.69) is 5.32 Å². The summed E-state index contributed by atoms with van der Waals surface area (Å²) >= 11 is 1.53. The maximum absolute atomic E-state index is 13.2. The first-order chi connectivity index (χ1) is 10.5. The minimum atomic E-state index is -0.224. The molecule has 1 amide bonds. The Bertz CT molecular complexity index is 655. The van der Waals surface area contributed by atoms with Crippen LogP contribution in [-0.2, 0) is 11.3 Å². The third-order valence-electron chi connectivity index (χ3n) is 3.39. The Kier molecular flexibility index (Phi) is 5.61. The monoisotopic (exact) mass is 317 g/mol. The largest absolute Gasteiger partial charge is 0.351 e. The summed E-state index contributed by atoms with van der Waals surface area (Å²) in [6.45, 7) is 6.06. The van der Waals surface area contributed by atoms with Gasteiger partial charge in [-0.15, -0.1) is 11.8 Å². The van der Waals surface area contributed by atoms with Crippen molar-refractivity contribution in [1.82, 2.24) is 5.32 Å². The zero-order valence-electron chi connectivity index (χ0n) is 13.0. The molecule has 0 aliphatic rings. The Labute approximate surface area is 135 Å². The van der Waals surface area contributed by atoms with E-state index in [-0.39, 0.29) is 17.0 Å². The van der Waals surface area contributed by atoms with Crippen LogP contribution in [0.5, 0.6) is 0 Å². The molecule has 0 radical (unpaired) electrons. The van der Waals surface area contributed by atoms with Gasteiger partial charge in [-0.2, -0.15) is 0 Å². The van der Waals surface area contributed by atoms with Crippen molar-refractivity contribution in [2.75, 3.05) is 0 Å². The van der Waals surface area contributed by atoms with Crippen LogP contribution in [0.3, 0.4) is 0 Å². The lowest BCUT2D eigenvalue weighted by molar-refractivity contribution is -0.120. The fourth-order valence-electron chi connectivity index (χ4n) is 2.02. The first-order valence-corrected chi connectivity index (χ1v) is 8.10. The van der Waals surface area contributed by atoms with E-state index in [1.807, 2.05) is 38.1 Å². The summed E-state index contributed by atoms with van der Waals surface area (Å²) in [5.41, 5.74) is 2.70. The first kappa shape index (κ1) is 16.6. The molecule has 0 heterocycles. The van der Waals surface area contributed by atoms with Crippen LogP contribution >= 0.6 is 11.8 Å². The Balaban J connectivity index is 1.88. The Morgan fingerprint density at radius 2 is 1.86 bits per heavy atom. The highest BCUT2D eigenvalue weighted by Crippen LogP contribution is 2.23. The van der Waals surface area contributed by atoms with Gasteiger partial charge < -0.3 is 5.32 Å². The van der Waals surface area contributed by atoms with Gasteiger partial charge in [0.15, 0.2) is 0 Å². The molecule has 22 heavy (non-hydrogen) atoms. The van der Waals surface area contributed by atoms with Crippen LogP contribution in [0.4, 0.5) is 4.39 Å². The molecule has 0 fully saturated rings. The van der Waals surface area contributed by atoms with Crippen LogP contribution in [0.25, 0.3) is 0 Å². The molecular weight excluding hydrogens is 297 g/mol. The molecule has 0 bridgehead atoms. The van der Waals surface area contributed by atoms with Gasteiger partial charge in [0.05, 0.1) is 5.25 Å². The maximum Gasteiger partial charge on any atom is 0.233 e. The van der Waals surface area contributed by atoms with Crippen LogP contribution in [0.1, 0.15) is 23.6 Å². The number of halogens is 1. The van der Waals surface area contributed by atoms with Crippen molar-refractivity contribution >= 4 is 17.7 Å². The summed E-state index contributed by atoms with van der Waals surface area (Å²) < 4.78 is 13.2. The minimum absolute atomic E-state index is 0.0208. The number of aryl methyl sites for hydroxylation is 2. The Morgan fingerprint density at radius 1 is 1.18 bits per heavy atom. The van der Waals surface area contributed by atoms with Gasteiger partial charge in [0.1, 0.15) is 5.82 Å². The van der Waals surface area contributed by atoms with Crippen LogP contribution < -0.4 is 5.32 Å². The molecule has 0 aliphatic carbocycles. The van der Waals surface area contributed by atoms with E-state index in [9.17, 15) is 9.18 Å². The summed E-state index contributed by atoms with van der Waals surface area (Å²) in [7, 11) is 0. The normalized spacial score (nSPS) is 12.0. The number of amides is 1. The summed E-state index contributed by atoms with van der Waals surface area (Å²) in [5, 5.41) is 2.72. The molecule has 0 saturated heterocycles. The van der Waals surface area contributed by atoms with Crippen molar-refractivity contribution in [3.8, 4) is 0 Å². The molecule has 2 aromatic rings. The summed E-state index contributed by atoms with van der Waals surface area (Å²) in [6, 6.07) is 13.0. The molecule has 2 nitrogen and oxygen atoms in total. The number of carbonyl (C=O) groups is 1. The molecule has 0 spiro atoms. The fourth-order valence-corrected chi connectivity index (χ4v) is 2.92. The standard InChI is InChI=1S/C18H20FNOS/c1-12-4-7-16(8-5-12)22-14(3)18(21)20-11-15-6-9-17(19)13(2)10-15/h4-10,14H,11H2,1-3H3,(H,20,21). The van der Waals surface area contributed by atoms with Crippen molar-refractivity contribution in [1.29, 1.82) is 0 Å². The molecule has 2 rings (SSSR count). The van der Waals surface area contributed by atoms with Gasteiger partial charge in [-0.1, -0.05) is 29.8 Å². The van der Waals surface area contributed by atoms with Crippen LogP contribution in [0.2, 0.25) is 0 Å². The van der Waals surface area contributed by atoms with Gasteiger partial charge >= 0.3 is 0 Å². The zero-order chi connectivity index (χ0) is 16.1. The molecule has 1 unspecified atom stereocenters.